The minimum atomic E-state index is -4.41. The second kappa shape index (κ2) is 6.26. The van der Waals surface area contributed by atoms with Crippen molar-refractivity contribution in [3.63, 3.8) is 0 Å². The van der Waals surface area contributed by atoms with E-state index in [-0.39, 0.29) is 5.56 Å². The molecule has 0 aliphatic rings. The number of aliphatic hydroxyl groups is 1. The summed E-state index contributed by atoms with van der Waals surface area (Å²) < 4.78 is 38.1. The largest absolute Gasteiger partial charge is 0.416 e. The molecule has 0 fully saturated rings. The first-order chi connectivity index (χ1) is 8.36. The van der Waals surface area contributed by atoms with Gasteiger partial charge in [0.15, 0.2) is 0 Å². The van der Waals surface area contributed by atoms with E-state index in [9.17, 15) is 18.3 Å². The fourth-order valence-corrected chi connectivity index (χ4v) is 2.04. The van der Waals surface area contributed by atoms with E-state index in [1.165, 1.54) is 6.07 Å². The molecular weight excluding hydrogens is 309 g/mol. The Bertz CT molecular complexity index is 449. The zero-order valence-corrected chi connectivity index (χ0v) is 11.1. The van der Waals surface area contributed by atoms with Crippen molar-refractivity contribution in [3.8, 4) is 12.3 Å². The van der Waals surface area contributed by atoms with Gasteiger partial charge >= 0.3 is 6.18 Å². The van der Waals surface area contributed by atoms with E-state index >= 15 is 0 Å². The van der Waals surface area contributed by atoms with Crippen LogP contribution in [0.25, 0.3) is 0 Å². The number of aliphatic hydroxyl groups excluding tert-OH is 1. The number of terminal acetylenes is 1. The molecular formula is C13H12BrF3O. The molecule has 0 saturated heterocycles. The van der Waals surface area contributed by atoms with Gasteiger partial charge in [0.05, 0.1) is 11.7 Å². The van der Waals surface area contributed by atoms with Crippen LogP contribution in [0.15, 0.2) is 22.7 Å². The summed E-state index contributed by atoms with van der Waals surface area (Å²) in [5.41, 5.74) is -0.529. The second-order valence-electron chi connectivity index (χ2n) is 3.85. The number of alkyl halides is 3. The van der Waals surface area contributed by atoms with E-state index in [2.05, 4.69) is 21.9 Å². The monoisotopic (exact) mass is 320 g/mol. The van der Waals surface area contributed by atoms with Crippen LogP contribution in [0.4, 0.5) is 13.2 Å². The van der Waals surface area contributed by atoms with Gasteiger partial charge in [-0.05, 0) is 36.6 Å². The Hall–Kier alpha value is -0.990. The fraction of sp³-hybridized carbons (Fsp3) is 0.385. The first-order valence-corrected chi connectivity index (χ1v) is 6.13. The van der Waals surface area contributed by atoms with Crippen molar-refractivity contribution in [2.24, 2.45) is 0 Å². The molecule has 1 aromatic rings. The van der Waals surface area contributed by atoms with Crippen LogP contribution in [0, 0.1) is 12.3 Å². The summed E-state index contributed by atoms with van der Waals surface area (Å²) in [6.07, 6.45) is 1.12. The van der Waals surface area contributed by atoms with Crippen LogP contribution in [0.5, 0.6) is 0 Å². The molecule has 98 valence electrons. The summed E-state index contributed by atoms with van der Waals surface area (Å²) in [4.78, 5) is 0. The van der Waals surface area contributed by atoms with Crippen molar-refractivity contribution in [1.29, 1.82) is 0 Å². The van der Waals surface area contributed by atoms with Crippen molar-refractivity contribution in [2.45, 2.75) is 31.5 Å². The van der Waals surface area contributed by atoms with Crippen LogP contribution in [-0.4, -0.2) is 5.11 Å². The molecule has 0 aliphatic heterocycles. The Morgan fingerprint density at radius 3 is 2.61 bits per heavy atom. The Morgan fingerprint density at radius 2 is 2.06 bits per heavy atom. The Morgan fingerprint density at radius 1 is 1.39 bits per heavy atom. The average Bonchev–Trinajstić information content (AvgIpc) is 2.28. The summed E-state index contributed by atoms with van der Waals surface area (Å²) in [6, 6.07) is 3.23. The summed E-state index contributed by atoms with van der Waals surface area (Å²) in [5.74, 6) is 2.42. The number of benzene rings is 1. The second-order valence-corrected chi connectivity index (χ2v) is 4.70. The Labute approximate surface area is 112 Å². The van der Waals surface area contributed by atoms with E-state index in [1.807, 2.05) is 0 Å². The molecule has 0 saturated carbocycles. The zero-order chi connectivity index (χ0) is 13.8. The van der Waals surface area contributed by atoms with Gasteiger partial charge < -0.3 is 5.11 Å². The maximum atomic E-state index is 12.5. The number of hydrogen-bond donors (Lipinski definition) is 1. The first kappa shape index (κ1) is 15.1. The van der Waals surface area contributed by atoms with Gasteiger partial charge in [0.2, 0.25) is 0 Å². The SMILES string of the molecule is C#CCCCC(O)c1cc(C(F)(F)F)ccc1Br. The molecule has 0 aromatic heterocycles. The third-order valence-electron chi connectivity index (χ3n) is 2.48. The lowest BCUT2D eigenvalue weighted by atomic mass is 10.0. The van der Waals surface area contributed by atoms with E-state index < -0.39 is 17.8 Å². The summed E-state index contributed by atoms with van der Waals surface area (Å²) in [5, 5.41) is 9.85. The molecule has 1 N–H and O–H groups in total. The zero-order valence-electron chi connectivity index (χ0n) is 9.47. The van der Waals surface area contributed by atoms with E-state index in [0.29, 0.717) is 23.7 Å². The Balaban J connectivity index is 2.91. The molecule has 1 atom stereocenters. The van der Waals surface area contributed by atoms with Gasteiger partial charge in [-0.1, -0.05) is 15.9 Å². The topological polar surface area (TPSA) is 20.2 Å². The lowest BCUT2D eigenvalue weighted by molar-refractivity contribution is -0.137. The molecule has 0 spiro atoms. The third-order valence-corrected chi connectivity index (χ3v) is 3.20. The summed E-state index contributed by atoms with van der Waals surface area (Å²) in [6.45, 7) is 0. The standard InChI is InChI=1S/C13H12BrF3O/c1-2-3-4-5-12(18)10-8-9(13(15,16)17)6-7-11(10)14/h1,6-8,12,18H,3-5H2. The van der Waals surface area contributed by atoms with Crippen molar-refractivity contribution in [1.82, 2.24) is 0 Å². The van der Waals surface area contributed by atoms with E-state index in [0.717, 1.165) is 12.1 Å². The maximum absolute atomic E-state index is 12.5. The minimum absolute atomic E-state index is 0.238. The number of hydrogen-bond acceptors (Lipinski definition) is 1. The van der Waals surface area contributed by atoms with Crippen LogP contribution >= 0.6 is 15.9 Å². The number of rotatable bonds is 4. The number of halogens is 4. The molecule has 1 rings (SSSR count). The quantitative estimate of drug-likeness (QED) is 0.647. The van der Waals surface area contributed by atoms with Gasteiger partial charge in [0.25, 0.3) is 0 Å². The highest BCUT2D eigenvalue weighted by Crippen LogP contribution is 2.34. The molecule has 1 aromatic carbocycles. The highest BCUT2D eigenvalue weighted by Gasteiger charge is 2.31. The van der Waals surface area contributed by atoms with Crippen molar-refractivity contribution < 1.29 is 18.3 Å². The normalized spacial score (nSPS) is 13.1. The van der Waals surface area contributed by atoms with Gasteiger partial charge in [0, 0.05) is 10.9 Å². The molecule has 18 heavy (non-hydrogen) atoms. The summed E-state index contributed by atoms with van der Waals surface area (Å²) >= 11 is 3.14. The highest BCUT2D eigenvalue weighted by molar-refractivity contribution is 9.10. The van der Waals surface area contributed by atoms with Crippen LogP contribution in [0.3, 0.4) is 0 Å². The van der Waals surface area contributed by atoms with E-state index in [4.69, 9.17) is 6.42 Å². The van der Waals surface area contributed by atoms with Gasteiger partial charge in [-0.15, -0.1) is 12.3 Å². The predicted octanol–water partition coefficient (Wildman–Crippen LogP) is 4.30. The predicted molar refractivity (Wildman–Crippen MR) is 66.8 cm³/mol. The van der Waals surface area contributed by atoms with E-state index in [1.54, 1.807) is 0 Å². The van der Waals surface area contributed by atoms with Crippen LogP contribution in [-0.2, 0) is 6.18 Å². The van der Waals surface area contributed by atoms with Crippen LogP contribution in [0.1, 0.15) is 36.5 Å². The summed E-state index contributed by atoms with van der Waals surface area (Å²) in [7, 11) is 0. The lowest BCUT2D eigenvalue weighted by Crippen LogP contribution is -2.07. The number of unbranched alkanes of at least 4 members (excludes halogenated alkanes) is 1. The minimum Gasteiger partial charge on any atom is -0.388 e. The molecule has 0 heterocycles. The molecule has 1 unspecified atom stereocenters. The molecule has 0 radical (unpaired) electrons. The lowest BCUT2D eigenvalue weighted by Gasteiger charge is -2.15. The third kappa shape index (κ3) is 4.04. The fourth-order valence-electron chi connectivity index (χ4n) is 1.53. The molecule has 0 bridgehead atoms. The molecule has 0 aliphatic carbocycles. The first-order valence-electron chi connectivity index (χ1n) is 5.34. The van der Waals surface area contributed by atoms with Gasteiger partial charge in [-0.3, -0.25) is 0 Å². The highest BCUT2D eigenvalue weighted by atomic mass is 79.9. The average molecular weight is 321 g/mol. The molecule has 1 nitrogen and oxygen atoms in total. The molecule has 0 amide bonds. The van der Waals surface area contributed by atoms with Crippen LogP contribution < -0.4 is 0 Å². The van der Waals surface area contributed by atoms with Gasteiger partial charge in [-0.2, -0.15) is 13.2 Å². The maximum Gasteiger partial charge on any atom is 0.416 e. The van der Waals surface area contributed by atoms with Crippen LogP contribution in [0.2, 0.25) is 0 Å². The van der Waals surface area contributed by atoms with Crippen molar-refractivity contribution >= 4 is 15.9 Å². The molecule has 5 heteroatoms. The Kier molecular flexibility index (Phi) is 5.24. The van der Waals surface area contributed by atoms with Gasteiger partial charge in [-0.25, -0.2) is 0 Å². The van der Waals surface area contributed by atoms with Crippen molar-refractivity contribution in [2.75, 3.05) is 0 Å². The van der Waals surface area contributed by atoms with Crippen molar-refractivity contribution in [3.05, 3.63) is 33.8 Å². The smallest absolute Gasteiger partial charge is 0.388 e. The van der Waals surface area contributed by atoms with Gasteiger partial charge in [0.1, 0.15) is 0 Å².